The number of imidazole rings is 1. The van der Waals surface area contributed by atoms with Crippen molar-refractivity contribution in [3.8, 4) is 5.69 Å². The molecule has 0 saturated carbocycles. The monoisotopic (exact) mass is 428 g/mol. The maximum Gasteiger partial charge on any atom is 0.337 e. The van der Waals surface area contributed by atoms with Crippen LogP contribution in [0.2, 0.25) is 5.02 Å². The van der Waals surface area contributed by atoms with Crippen LogP contribution in [0, 0.1) is 11.6 Å². The molecule has 0 atom stereocenters. The molecule has 152 valence electrons. The minimum Gasteiger partial charge on any atom is -0.320 e. The molecule has 4 rings (SSSR count). The van der Waals surface area contributed by atoms with Gasteiger partial charge >= 0.3 is 5.69 Å². The van der Waals surface area contributed by atoms with Crippen molar-refractivity contribution < 1.29 is 8.78 Å². The second-order valence-electron chi connectivity index (χ2n) is 6.57. The topological polar surface area (TPSA) is 61.8 Å². The number of hydrogen-bond acceptors (Lipinski definition) is 3. The highest BCUT2D eigenvalue weighted by molar-refractivity contribution is 6.32. The largest absolute Gasteiger partial charge is 0.337 e. The molecule has 0 fully saturated rings. The molecule has 0 amide bonds. The van der Waals surface area contributed by atoms with E-state index in [9.17, 15) is 18.4 Å². The fraction of sp³-hybridized carbons (Fsp3) is 0.0952. The molecule has 4 aromatic rings. The van der Waals surface area contributed by atoms with Crippen LogP contribution >= 0.6 is 11.6 Å². The Kier molecular flexibility index (Phi) is 5.09. The Hall–Kier alpha value is -3.52. The second-order valence-corrected chi connectivity index (χ2v) is 6.97. The van der Waals surface area contributed by atoms with Gasteiger partial charge in [-0.05, 0) is 29.8 Å². The van der Waals surface area contributed by atoms with Crippen LogP contribution in [0.3, 0.4) is 0 Å². The molecule has 9 heteroatoms. The lowest BCUT2D eigenvalue weighted by Crippen LogP contribution is -2.39. The van der Waals surface area contributed by atoms with Crippen molar-refractivity contribution in [2.75, 3.05) is 0 Å². The maximum atomic E-state index is 13.6. The van der Waals surface area contributed by atoms with Crippen molar-refractivity contribution in [1.29, 1.82) is 0 Å². The highest BCUT2D eigenvalue weighted by Gasteiger charge is 2.20. The third-order valence-corrected chi connectivity index (χ3v) is 4.96. The molecule has 0 aliphatic rings. The normalized spacial score (nSPS) is 11.2. The number of allylic oxidation sites excluding steroid dienone is 1. The number of hydrogen-bond donors (Lipinski definition) is 0. The average molecular weight is 429 g/mol. The van der Waals surface area contributed by atoms with E-state index in [4.69, 9.17) is 11.6 Å². The van der Waals surface area contributed by atoms with Gasteiger partial charge in [-0.3, -0.25) is 9.36 Å². The minimum absolute atomic E-state index is 0.0194. The van der Waals surface area contributed by atoms with Crippen LogP contribution in [0.4, 0.5) is 8.78 Å². The zero-order chi connectivity index (χ0) is 21.4. The summed E-state index contributed by atoms with van der Waals surface area (Å²) in [6, 6.07) is 10.2. The van der Waals surface area contributed by atoms with E-state index in [0.29, 0.717) is 16.3 Å². The molecule has 2 aromatic carbocycles. The molecule has 0 radical (unpaired) electrons. The van der Waals surface area contributed by atoms with Crippen molar-refractivity contribution >= 4 is 22.8 Å². The van der Waals surface area contributed by atoms with Crippen LogP contribution in [0.15, 0.2) is 71.0 Å². The van der Waals surface area contributed by atoms with Gasteiger partial charge in [-0.25, -0.2) is 23.1 Å². The van der Waals surface area contributed by atoms with Crippen molar-refractivity contribution in [3.63, 3.8) is 0 Å². The molecule has 2 aromatic heterocycles. The SMILES string of the molecule is C=CCn1c(=O)c2c(ncn2Cc2ccc(F)c(F)c2)n(-c2ccccc2Cl)c1=O. The quantitative estimate of drug-likeness (QED) is 0.457. The van der Waals surface area contributed by atoms with E-state index in [1.807, 2.05) is 0 Å². The summed E-state index contributed by atoms with van der Waals surface area (Å²) in [5.41, 5.74) is -0.151. The Balaban J connectivity index is 2.01. The van der Waals surface area contributed by atoms with E-state index in [2.05, 4.69) is 11.6 Å². The summed E-state index contributed by atoms with van der Waals surface area (Å²) in [6.45, 7) is 3.63. The van der Waals surface area contributed by atoms with E-state index in [-0.39, 0.29) is 24.3 Å². The molecule has 6 nitrogen and oxygen atoms in total. The molecule has 0 unspecified atom stereocenters. The van der Waals surface area contributed by atoms with E-state index in [1.165, 1.54) is 27.6 Å². The van der Waals surface area contributed by atoms with E-state index < -0.39 is 22.9 Å². The number of nitrogens with zero attached hydrogens (tertiary/aromatic N) is 4. The minimum atomic E-state index is -0.992. The van der Waals surface area contributed by atoms with Crippen LogP contribution in [0.1, 0.15) is 5.56 Å². The fourth-order valence-corrected chi connectivity index (χ4v) is 3.49. The van der Waals surface area contributed by atoms with Gasteiger partial charge in [0.05, 0.1) is 17.0 Å². The summed E-state index contributed by atoms with van der Waals surface area (Å²) in [6.07, 6.45) is 2.81. The van der Waals surface area contributed by atoms with Gasteiger partial charge in [-0.2, -0.15) is 0 Å². The summed E-state index contributed by atoms with van der Waals surface area (Å²) in [4.78, 5) is 30.4. The molecule has 0 aliphatic carbocycles. The molecule has 0 spiro atoms. The molecule has 0 N–H and O–H groups in total. The third-order valence-electron chi connectivity index (χ3n) is 4.64. The fourth-order valence-electron chi connectivity index (χ4n) is 3.27. The average Bonchev–Trinajstić information content (AvgIpc) is 3.13. The first kappa shape index (κ1) is 19.8. The molecule has 0 saturated heterocycles. The zero-order valence-corrected chi connectivity index (χ0v) is 16.3. The Bertz CT molecular complexity index is 1400. The highest BCUT2D eigenvalue weighted by atomic mass is 35.5. The van der Waals surface area contributed by atoms with Gasteiger partial charge in [-0.15, -0.1) is 6.58 Å². The van der Waals surface area contributed by atoms with Crippen LogP contribution in [0.5, 0.6) is 0 Å². The maximum absolute atomic E-state index is 13.6. The summed E-state index contributed by atoms with van der Waals surface area (Å²) < 4.78 is 30.6. The number of fused-ring (bicyclic) bond motifs is 1. The third kappa shape index (κ3) is 3.25. The first-order valence-electron chi connectivity index (χ1n) is 8.92. The van der Waals surface area contributed by atoms with Gasteiger partial charge in [0, 0.05) is 13.1 Å². The molecular weight excluding hydrogens is 414 g/mol. The lowest BCUT2D eigenvalue weighted by Gasteiger charge is -2.13. The van der Waals surface area contributed by atoms with Gasteiger partial charge in [0.25, 0.3) is 5.56 Å². The summed E-state index contributed by atoms with van der Waals surface area (Å²) in [7, 11) is 0. The van der Waals surface area contributed by atoms with Crippen LogP contribution < -0.4 is 11.2 Å². The Morgan fingerprint density at radius 2 is 1.87 bits per heavy atom. The summed E-state index contributed by atoms with van der Waals surface area (Å²) >= 11 is 6.29. The van der Waals surface area contributed by atoms with Gasteiger partial charge in [0.2, 0.25) is 0 Å². The predicted molar refractivity (Wildman–Crippen MR) is 110 cm³/mol. The van der Waals surface area contributed by atoms with Gasteiger partial charge in [0.15, 0.2) is 22.8 Å². The Labute approximate surface area is 173 Å². The number of para-hydroxylation sites is 1. The van der Waals surface area contributed by atoms with E-state index >= 15 is 0 Å². The number of benzene rings is 2. The van der Waals surface area contributed by atoms with Crippen molar-refractivity contribution in [1.82, 2.24) is 18.7 Å². The van der Waals surface area contributed by atoms with Crippen LogP contribution in [0.25, 0.3) is 16.9 Å². The molecule has 0 bridgehead atoms. The molecular formula is C21H15ClF2N4O2. The van der Waals surface area contributed by atoms with E-state index in [0.717, 1.165) is 16.7 Å². The van der Waals surface area contributed by atoms with Gasteiger partial charge in [0.1, 0.15) is 0 Å². The zero-order valence-electron chi connectivity index (χ0n) is 15.6. The Morgan fingerprint density at radius 3 is 2.57 bits per heavy atom. The molecule has 2 heterocycles. The lowest BCUT2D eigenvalue weighted by molar-refractivity contribution is 0.506. The number of aromatic nitrogens is 4. The smallest absolute Gasteiger partial charge is 0.320 e. The number of halogens is 3. The molecule has 0 aliphatic heterocycles. The van der Waals surface area contributed by atoms with Crippen molar-refractivity contribution in [2.45, 2.75) is 13.1 Å². The first-order valence-corrected chi connectivity index (χ1v) is 9.30. The summed E-state index contributed by atoms with van der Waals surface area (Å²) in [5, 5.41) is 0.305. The van der Waals surface area contributed by atoms with E-state index in [1.54, 1.807) is 24.3 Å². The molecule has 30 heavy (non-hydrogen) atoms. The van der Waals surface area contributed by atoms with Gasteiger partial charge < -0.3 is 4.57 Å². The standard InChI is InChI=1S/C21H15ClF2N4O2/c1-2-9-27-20(29)18-19(28(21(27)30)17-6-4-3-5-14(17)22)25-12-26(18)11-13-7-8-15(23)16(24)10-13/h2-8,10,12H,1,9,11H2. The van der Waals surface area contributed by atoms with Crippen LogP contribution in [-0.2, 0) is 13.1 Å². The second kappa shape index (κ2) is 7.72. The highest BCUT2D eigenvalue weighted by Crippen LogP contribution is 2.21. The van der Waals surface area contributed by atoms with Crippen molar-refractivity contribution in [2.24, 2.45) is 0 Å². The first-order chi connectivity index (χ1) is 14.4. The van der Waals surface area contributed by atoms with Crippen molar-refractivity contribution in [3.05, 3.63) is 105 Å². The van der Waals surface area contributed by atoms with Crippen LogP contribution in [-0.4, -0.2) is 18.7 Å². The predicted octanol–water partition coefficient (Wildman–Crippen LogP) is 3.51. The Morgan fingerprint density at radius 1 is 1.10 bits per heavy atom. The number of rotatable bonds is 5. The lowest BCUT2D eigenvalue weighted by atomic mass is 10.2. The van der Waals surface area contributed by atoms with Gasteiger partial charge in [-0.1, -0.05) is 35.9 Å². The summed E-state index contributed by atoms with van der Waals surface area (Å²) in [5.74, 6) is -1.95.